The Labute approximate surface area is 124 Å². The van der Waals surface area contributed by atoms with Crippen molar-refractivity contribution in [3.8, 4) is 0 Å². The Hall–Kier alpha value is -0.120. The highest BCUT2D eigenvalue weighted by atomic mass is 16.5. The molecule has 1 fully saturated rings. The minimum atomic E-state index is -0.784. The van der Waals surface area contributed by atoms with Gasteiger partial charge < -0.3 is 14.9 Å². The van der Waals surface area contributed by atoms with Gasteiger partial charge in [0, 0.05) is 5.92 Å². The van der Waals surface area contributed by atoms with E-state index in [0.29, 0.717) is 0 Å². The van der Waals surface area contributed by atoms with E-state index in [9.17, 15) is 10.2 Å². The molecular formula is C17H34O3. The third-order valence-electron chi connectivity index (χ3n) is 5.52. The zero-order valence-electron chi connectivity index (χ0n) is 14.3. The summed E-state index contributed by atoms with van der Waals surface area (Å²) in [5.74, 6) is -0.0245. The highest BCUT2D eigenvalue weighted by Crippen LogP contribution is 2.43. The van der Waals surface area contributed by atoms with Gasteiger partial charge in [0.1, 0.15) is 6.10 Å². The lowest BCUT2D eigenvalue weighted by atomic mass is 9.67. The largest absolute Gasteiger partial charge is 0.390 e. The van der Waals surface area contributed by atoms with Crippen molar-refractivity contribution in [2.45, 2.75) is 92.1 Å². The molecule has 1 aliphatic rings. The van der Waals surface area contributed by atoms with E-state index in [2.05, 4.69) is 41.5 Å². The van der Waals surface area contributed by atoms with Crippen LogP contribution in [0, 0.1) is 16.7 Å². The first kappa shape index (κ1) is 17.9. The van der Waals surface area contributed by atoms with Crippen molar-refractivity contribution in [2.75, 3.05) is 0 Å². The molecule has 5 atom stereocenters. The van der Waals surface area contributed by atoms with E-state index in [-0.39, 0.29) is 29.0 Å². The predicted molar refractivity (Wildman–Crippen MR) is 82.6 cm³/mol. The highest BCUT2D eigenvalue weighted by molar-refractivity contribution is 4.97. The van der Waals surface area contributed by atoms with Gasteiger partial charge in [-0.05, 0) is 24.2 Å². The van der Waals surface area contributed by atoms with Crippen LogP contribution in [0.15, 0.2) is 0 Å². The molecule has 0 radical (unpaired) electrons. The molecule has 0 aromatic rings. The second-order valence-electron chi connectivity index (χ2n) is 7.95. The molecule has 1 aliphatic heterocycles. The summed E-state index contributed by atoms with van der Waals surface area (Å²) in [4.78, 5) is 0. The second-order valence-corrected chi connectivity index (χ2v) is 7.95. The van der Waals surface area contributed by atoms with Crippen LogP contribution in [0.4, 0.5) is 0 Å². The Morgan fingerprint density at radius 1 is 0.950 bits per heavy atom. The normalized spacial score (nSPS) is 36.1. The summed E-state index contributed by atoms with van der Waals surface area (Å²) in [6, 6.07) is 0. The standard InChI is InChI=1S/C17H34O3/c1-8-16(4,5)10-12-14(18)15(19)13(11(3)20-12)17(6,7)9-2/h11-15,18-19H,8-10H2,1-7H3. The van der Waals surface area contributed by atoms with Crippen molar-refractivity contribution in [3.63, 3.8) is 0 Å². The van der Waals surface area contributed by atoms with Gasteiger partial charge in [-0.3, -0.25) is 0 Å². The molecule has 1 saturated heterocycles. The summed E-state index contributed by atoms with van der Waals surface area (Å²) in [6.45, 7) is 15.0. The average molecular weight is 286 g/mol. The van der Waals surface area contributed by atoms with E-state index < -0.39 is 12.2 Å². The Morgan fingerprint density at radius 2 is 1.50 bits per heavy atom. The van der Waals surface area contributed by atoms with Crippen LogP contribution in [0.2, 0.25) is 0 Å². The number of aliphatic hydroxyl groups excluding tert-OH is 2. The quantitative estimate of drug-likeness (QED) is 0.814. The van der Waals surface area contributed by atoms with Gasteiger partial charge in [-0.2, -0.15) is 0 Å². The van der Waals surface area contributed by atoms with Crippen molar-refractivity contribution in [2.24, 2.45) is 16.7 Å². The van der Waals surface area contributed by atoms with Crippen LogP contribution >= 0.6 is 0 Å². The molecule has 0 aromatic carbocycles. The summed E-state index contributed by atoms with van der Waals surface area (Å²) in [5.41, 5.74) is 0.0866. The van der Waals surface area contributed by atoms with E-state index in [1.54, 1.807) is 0 Å². The van der Waals surface area contributed by atoms with Crippen LogP contribution < -0.4 is 0 Å². The smallest absolute Gasteiger partial charge is 0.106 e. The van der Waals surface area contributed by atoms with Crippen molar-refractivity contribution >= 4 is 0 Å². The van der Waals surface area contributed by atoms with Gasteiger partial charge >= 0.3 is 0 Å². The molecule has 3 heteroatoms. The van der Waals surface area contributed by atoms with Gasteiger partial charge in [-0.1, -0.05) is 54.4 Å². The summed E-state index contributed by atoms with van der Waals surface area (Å²) < 4.78 is 6.10. The van der Waals surface area contributed by atoms with Gasteiger partial charge in [-0.25, -0.2) is 0 Å². The highest BCUT2D eigenvalue weighted by Gasteiger charge is 2.48. The van der Waals surface area contributed by atoms with Crippen LogP contribution in [0.3, 0.4) is 0 Å². The molecule has 5 unspecified atom stereocenters. The van der Waals surface area contributed by atoms with E-state index in [1.165, 1.54) is 0 Å². The van der Waals surface area contributed by atoms with Crippen molar-refractivity contribution in [3.05, 3.63) is 0 Å². The first-order valence-corrected chi connectivity index (χ1v) is 8.07. The van der Waals surface area contributed by atoms with Gasteiger partial charge in [0.25, 0.3) is 0 Å². The van der Waals surface area contributed by atoms with Crippen LogP contribution in [0.5, 0.6) is 0 Å². The van der Waals surface area contributed by atoms with Crippen LogP contribution in [-0.4, -0.2) is 34.6 Å². The SMILES string of the molecule is CCC(C)(C)CC1OC(C)C(C(C)(C)CC)C(O)C1O. The molecule has 1 rings (SSSR count). The number of hydrogen-bond donors (Lipinski definition) is 2. The predicted octanol–water partition coefficient (Wildman–Crippen LogP) is 3.37. The van der Waals surface area contributed by atoms with Gasteiger partial charge in [0.2, 0.25) is 0 Å². The van der Waals surface area contributed by atoms with Crippen LogP contribution in [0.1, 0.15) is 67.7 Å². The fourth-order valence-electron chi connectivity index (χ4n) is 3.34. The fourth-order valence-corrected chi connectivity index (χ4v) is 3.34. The van der Waals surface area contributed by atoms with Gasteiger partial charge in [0.05, 0.1) is 18.3 Å². The topological polar surface area (TPSA) is 49.7 Å². The maximum absolute atomic E-state index is 10.6. The number of aliphatic hydroxyl groups is 2. The number of rotatable bonds is 5. The Morgan fingerprint density at radius 3 is 1.95 bits per heavy atom. The third kappa shape index (κ3) is 3.75. The monoisotopic (exact) mass is 286 g/mol. The first-order chi connectivity index (χ1) is 9.05. The van der Waals surface area contributed by atoms with Crippen LogP contribution in [-0.2, 0) is 4.74 Å². The van der Waals surface area contributed by atoms with Crippen molar-refractivity contribution in [1.82, 2.24) is 0 Å². The van der Waals surface area contributed by atoms with Gasteiger partial charge in [-0.15, -0.1) is 0 Å². The fraction of sp³-hybridized carbons (Fsp3) is 1.00. The van der Waals surface area contributed by atoms with E-state index in [1.807, 2.05) is 6.92 Å². The molecule has 2 N–H and O–H groups in total. The first-order valence-electron chi connectivity index (χ1n) is 8.07. The molecular weight excluding hydrogens is 252 g/mol. The maximum Gasteiger partial charge on any atom is 0.106 e. The molecule has 1 heterocycles. The summed E-state index contributed by atoms with van der Waals surface area (Å²) in [6.07, 6.45) is 0.999. The number of hydrogen-bond acceptors (Lipinski definition) is 3. The molecule has 0 bridgehead atoms. The zero-order valence-corrected chi connectivity index (χ0v) is 14.3. The van der Waals surface area contributed by atoms with Crippen molar-refractivity contribution < 1.29 is 14.9 Å². The lowest BCUT2D eigenvalue weighted by Gasteiger charge is -2.49. The minimum Gasteiger partial charge on any atom is -0.390 e. The summed E-state index contributed by atoms with van der Waals surface area (Å²) >= 11 is 0. The zero-order chi connectivity index (χ0) is 15.7. The lowest BCUT2D eigenvalue weighted by Crippen LogP contribution is -2.58. The van der Waals surface area contributed by atoms with Crippen LogP contribution in [0.25, 0.3) is 0 Å². The second kappa shape index (κ2) is 6.33. The molecule has 120 valence electrons. The minimum absolute atomic E-state index is 0.0245. The third-order valence-corrected chi connectivity index (χ3v) is 5.52. The van der Waals surface area contributed by atoms with E-state index in [4.69, 9.17) is 4.74 Å². The number of ether oxygens (including phenoxy) is 1. The molecule has 20 heavy (non-hydrogen) atoms. The molecule has 0 aliphatic carbocycles. The lowest BCUT2D eigenvalue weighted by molar-refractivity contribution is -0.224. The molecule has 0 amide bonds. The molecule has 3 nitrogen and oxygen atoms in total. The molecule has 0 saturated carbocycles. The Kier molecular flexibility index (Phi) is 5.67. The Balaban J connectivity index is 2.87. The van der Waals surface area contributed by atoms with Crippen molar-refractivity contribution in [1.29, 1.82) is 0 Å². The summed E-state index contributed by atoms with van der Waals surface area (Å²) in [5, 5.41) is 21.1. The Bertz CT molecular complexity index is 309. The van der Waals surface area contributed by atoms with E-state index >= 15 is 0 Å². The van der Waals surface area contributed by atoms with Gasteiger partial charge in [0.15, 0.2) is 0 Å². The maximum atomic E-state index is 10.6. The average Bonchev–Trinajstić information content (AvgIpc) is 2.35. The molecule has 0 aromatic heterocycles. The molecule has 0 spiro atoms. The summed E-state index contributed by atoms with van der Waals surface area (Å²) in [7, 11) is 0. The van der Waals surface area contributed by atoms with E-state index in [0.717, 1.165) is 19.3 Å².